The number of thioether (sulfide) groups is 2. The first-order valence-electron chi connectivity index (χ1n) is 8.26. The number of esters is 1. The van der Waals surface area contributed by atoms with Gasteiger partial charge >= 0.3 is 12.1 Å². The number of hydrogen-bond donors (Lipinski definition) is 0. The second-order valence-electron chi connectivity index (χ2n) is 5.67. The molecule has 0 unspecified atom stereocenters. The van der Waals surface area contributed by atoms with E-state index in [2.05, 4.69) is 11.3 Å². The molecule has 2 atom stereocenters. The van der Waals surface area contributed by atoms with Crippen LogP contribution in [0.4, 0.5) is 9.18 Å². The molecule has 1 fully saturated rings. The van der Waals surface area contributed by atoms with Gasteiger partial charge in [-0.05, 0) is 6.42 Å². The van der Waals surface area contributed by atoms with Gasteiger partial charge in [-0.3, -0.25) is 14.1 Å². The third-order valence-electron chi connectivity index (χ3n) is 3.65. The number of β-lactam (4-membered cyclic amide) rings is 1. The first-order chi connectivity index (χ1) is 13.7. The van der Waals surface area contributed by atoms with E-state index in [9.17, 15) is 18.8 Å². The van der Waals surface area contributed by atoms with Crippen LogP contribution in [0.1, 0.15) is 6.42 Å². The molecule has 2 heterocycles. The van der Waals surface area contributed by atoms with Crippen LogP contribution in [0.5, 0.6) is 0 Å². The number of amides is 1. The SMILES string of the molecule is C=CCOC(=O)C1=C(SCCF)S[C@@H]2[C@@H](CCOC(=O)OCC(Cl)(Cl)Cl)C(=O)N12. The highest BCUT2D eigenvalue weighted by Gasteiger charge is 2.56. The van der Waals surface area contributed by atoms with Crippen LogP contribution >= 0.6 is 58.3 Å². The van der Waals surface area contributed by atoms with Crippen molar-refractivity contribution in [2.24, 2.45) is 5.92 Å². The molecule has 0 radical (unpaired) electrons. The smallest absolute Gasteiger partial charge is 0.457 e. The number of halogens is 4. The van der Waals surface area contributed by atoms with Gasteiger partial charge in [-0.1, -0.05) is 59.2 Å². The predicted octanol–water partition coefficient (Wildman–Crippen LogP) is 4.03. The number of alkyl halides is 4. The summed E-state index contributed by atoms with van der Waals surface area (Å²) in [6, 6.07) is 0. The van der Waals surface area contributed by atoms with Gasteiger partial charge in [0.1, 0.15) is 13.2 Å². The third-order valence-corrected chi connectivity index (χ3v) is 6.63. The molecule has 0 aromatic rings. The Balaban J connectivity index is 1.90. The van der Waals surface area contributed by atoms with Gasteiger partial charge in [-0.2, -0.15) is 0 Å². The number of fused-ring (bicyclic) bond motifs is 1. The average Bonchev–Trinajstić information content (AvgIpc) is 3.00. The fourth-order valence-corrected chi connectivity index (χ4v) is 5.30. The maximum absolute atomic E-state index is 12.6. The van der Waals surface area contributed by atoms with Gasteiger partial charge in [0.15, 0.2) is 5.70 Å². The highest BCUT2D eigenvalue weighted by atomic mass is 35.6. The Morgan fingerprint density at radius 2 is 2.03 bits per heavy atom. The summed E-state index contributed by atoms with van der Waals surface area (Å²) >= 11 is 18.8. The minimum Gasteiger partial charge on any atom is -0.457 e. The Bertz CT molecular complexity index is 703. The largest absolute Gasteiger partial charge is 0.508 e. The predicted molar refractivity (Wildman–Crippen MR) is 111 cm³/mol. The molecule has 0 bridgehead atoms. The van der Waals surface area contributed by atoms with E-state index in [1.54, 1.807) is 0 Å². The summed E-state index contributed by atoms with van der Waals surface area (Å²) in [5.41, 5.74) is 0.115. The molecule has 29 heavy (non-hydrogen) atoms. The minimum absolute atomic E-state index is 0.00563. The van der Waals surface area contributed by atoms with Gasteiger partial charge in [-0.25, -0.2) is 9.59 Å². The van der Waals surface area contributed by atoms with Crippen LogP contribution < -0.4 is 0 Å². The first-order valence-corrected chi connectivity index (χ1v) is 11.3. The summed E-state index contributed by atoms with van der Waals surface area (Å²) in [4.78, 5) is 37.6. The zero-order chi connectivity index (χ0) is 21.6. The molecule has 0 aromatic carbocycles. The minimum atomic E-state index is -1.75. The van der Waals surface area contributed by atoms with Gasteiger partial charge in [0.05, 0.1) is 28.8 Å². The van der Waals surface area contributed by atoms with Gasteiger partial charge in [0.25, 0.3) is 0 Å². The van der Waals surface area contributed by atoms with Crippen molar-refractivity contribution < 1.29 is 33.0 Å². The van der Waals surface area contributed by atoms with Crippen LogP contribution in [0.3, 0.4) is 0 Å². The Labute approximate surface area is 190 Å². The molecule has 1 saturated heterocycles. The topological polar surface area (TPSA) is 82.1 Å². The Hall–Kier alpha value is -0.810. The van der Waals surface area contributed by atoms with E-state index in [-0.39, 0.29) is 42.4 Å². The molecule has 2 aliphatic heterocycles. The molecule has 0 N–H and O–H groups in total. The Morgan fingerprint density at radius 3 is 2.66 bits per heavy atom. The molecule has 0 aromatic heterocycles. The molecule has 13 heteroatoms. The van der Waals surface area contributed by atoms with Crippen molar-refractivity contribution in [2.75, 3.05) is 32.2 Å². The molecule has 0 aliphatic carbocycles. The molecule has 7 nitrogen and oxygen atoms in total. The number of hydrogen-bond acceptors (Lipinski definition) is 8. The van der Waals surface area contributed by atoms with Crippen LogP contribution in [0.15, 0.2) is 22.6 Å². The lowest BCUT2D eigenvalue weighted by molar-refractivity contribution is -0.153. The maximum Gasteiger partial charge on any atom is 0.508 e. The maximum atomic E-state index is 12.6. The van der Waals surface area contributed by atoms with Crippen molar-refractivity contribution in [3.63, 3.8) is 0 Å². The van der Waals surface area contributed by atoms with Gasteiger partial charge < -0.3 is 14.2 Å². The van der Waals surface area contributed by atoms with E-state index in [0.29, 0.717) is 4.24 Å². The van der Waals surface area contributed by atoms with E-state index >= 15 is 0 Å². The normalized spacial score (nSPS) is 20.8. The zero-order valence-corrected chi connectivity index (χ0v) is 18.8. The Morgan fingerprint density at radius 1 is 1.31 bits per heavy atom. The summed E-state index contributed by atoms with van der Waals surface area (Å²) in [5.74, 6) is -1.30. The summed E-state index contributed by atoms with van der Waals surface area (Å²) < 4.78 is 25.9. The van der Waals surface area contributed by atoms with Crippen LogP contribution in [0.25, 0.3) is 0 Å². The quantitative estimate of drug-likeness (QED) is 0.189. The van der Waals surface area contributed by atoms with Gasteiger partial charge in [-0.15, -0.1) is 11.8 Å². The van der Waals surface area contributed by atoms with Crippen molar-refractivity contribution in [1.29, 1.82) is 0 Å². The highest BCUT2D eigenvalue weighted by molar-refractivity contribution is 8.22. The van der Waals surface area contributed by atoms with Crippen molar-refractivity contribution in [1.82, 2.24) is 4.90 Å². The number of carbonyl (C=O) groups is 3. The van der Waals surface area contributed by atoms with E-state index in [0.717, 1.165) is 11.8 Å². The molecular formula is C16H17Cl3FNO6S2. The fourth-order valence-electron chi connectivity index (χ4n) is 2.50. The molecule has 162 valence electrons. The summed E-state index contributed by atoms with van der Waals surface area (Å²) in [5, 5.41) is -0.350. The monoisotopic (exact) mass is 507 g/mol. The zero-order valence-electron chi connectivity index (χ0n) is 14.9. The highest BCUT2D eigenvalue weighted by Crippen LogP contribution is 2.53. The number of carbonyl (C=O) groups excluding carboxylic acids is 3. The van der Waals surface area contributed by atoms with Crippen LogP contribution in [0.2, 0.25) is 0 Å². The van der Waals surface area contributed by atoms with Crippen LogP contribution in [-0.2, 0) is 23.8 Å². The van der Waals surface area contributed by atoms with Gasteiger partial charge in [0.2, 0.25) is 9.70 Å². The average molecular weight is 509 g/mol. The van der Waals surface area contributed by atoms with Gasteiger partial charge in [0, 0.05) is 5.75 Å². The standard InChI is InChI=1S/C16H17Cl3FNO6S2/c1-2-5-25-13(23)10-14(28-7-4-20)29-12-9(11(22)21(10)12)3-6-26-15(24)27-8-16(17,18)19/h2,9,12H,1,3-8H2/t9-,12+/m0/s1. The summed E-state index contributed by atoms with van der Waals surface area (Å²) in [6.07, 6.45) is 0.600. The molecule has 2 aliphatic rings. The molecule has 1 amide bonds. The molecular weight excluding hydrogens is 492 g/mol. The van der Waals surface area contributed by atoms with Crippen molar-refractivity contribution >= 4 is 76.4 Å². The van der Waals surface area contributed by atoms with E-state index in [4.69, 9.17) is 44.3 Å². The third kappa shape index (κ3) is 6.58. The molecule has 0 saturated carbocycles. The second-order valence-corrected chi connectivity index (χ2v) is 10.7. The van der Waals surface area contributed by atoms with Crippen LogP contribution in [-0.4, -0.2) is 64.3 Å². The lowest BCUT2D eigenvalue weighted by Crippen LogP contribution is -2.57. The lowest BCUT2D eigenvalue weighted by atomic mass is 9.94. The summed E-state index contributed by atoms with van der Waals surface area (Å²) in [7, 11) is 0. The van der Waals surface area contributed by atoms with Crippen LogP contribution in [0, 0.1) is 5.92 Å². The lowest BCUT2D eigenvalue weighted by Gasteiger charge is -2.42. The molecule has 0 spiro atoms. The van der Waals surface area contributed by atoms with Crippen molar-refractivity contribution in [3.8, 4) is 0 Å². The Kier molecular flexibility index (Phi) is 9.27. The van der Waals surface area contributed by atoms with Crippen molar-refractivity contribution in [2.45, 2.75) is 15.6 Å². The number of ether oxygens (including phenoxy) is 3. The van der Waals surface area contributed by atoms with E-state index in [1.807, 2.05) is 0 Å². The summed E-state index contributed by atoms with van der Waals surface area (Å²) in [6.45, 7) is 2.32. The number of nitrogens with zero attached hydrogens (tertiary/aromatic N) is 1. The van der Waals surface area contributed by atoms with E-state index in [1.165, 1.54) is 22.7 Å². The molecule has 2 rings (SSSR count). The van der Waals surface area contributed by atoms with E-state index < -0.39 is 35.1 Å². The van der Waals surface area contributed by atoms with Crippen molar-refractivity contribution in [3.05, 3.63) is 22.6 Å². The fraction of sp³-hybridized carbons (Fsp3) is 0.562. The number of rotatable bonds is 10. The first kappa shape index (κ1) is 24.5. The second kappa shape index (κ2) is 11.0.